The molecule has 0 saturated heterocycles. The number of rotatable bonds is 4. The van der Waals surface area contributed by atoms with Crippen molar-refractivity contribution >= 4 is 17.5 Å². The molecule has 0 fully saturated rings. The van der Waals surface area contributed by atoms with E-state index in [1.54, 1.807) is 24.4 Å². The predicted octanol–water partition coefficient (Wildman–Crippen LogP) is 3.23. The van der Waals surface area contributed by atoms with Gasteiger partial charge in [-0.05, 0) is 43.2 Å². The molecule has 6 nitrogen and oxygen atoms in total. The summed E-state index contributed by atoms with van der Waals surface area (Å²) in [4.78, 5) is 15.4. The summed E-state index contributed by atoms with van der Waals surface area (Å²) in [6, 6.07) is 9.11. The fraction of sp³-hybridized carbons (Fsp3) is 0.158. The molecule has 3 aromatic rings. The van der Waals surface area contributed by atoms with Crippen LogP contribution in [0.25, 0.3) is 11.1 Å². The molecule has 0 aliphatic carbocycles. The lowest BCUT2D eigenvalue weighted by atomic mass is 10.0. The van der Waals surface area contributed by atoms with E-state index in [9.17, 15) is 4.79 Å². The number of carbonyl (C=O) groups is 1. The van der Waals surface area contributed by atoms with E-state index >= 15 is 0 Å². The van der Waals surface area contributed by atoms with Gasteiger partial charge in [0.1, 0.15) is 6.07 Å². The predicted molar refractivity (Wildman–Crippen MR) is 98.7 cm³/mol. The van der Waals surface area contributed by atoms with E-state index in [0.29, 0.717) is 22.7 Å². The average molecular weight is 366 g/mol. The Morgan fingerprint density at radius 1 is 1.31 bits per heavy atom. The number of hydrogen-bond acceptors (Lipinski definition) is 4. The van der Waals surface area contributed by atoms with Crippen molar-refractivity contribution in [1.29, 1.82) is 5.26 Å². The Hall–Kier alpha value is -3.17. The molecule has 0 atom stereocenters. The van der Waals surface area contributed by atoms with Gasteiger partial charge < -0.3 is 5.73 Å². The molecule has 0 radical (unpaired) electrons. The fourth-order valence-corrected chi connectivity index (χ4v) is 3.13. The van der Waals surface area contributed by atoms with Crippen molar-refractivity contribution in [2.45, 2.75) is 20.4 Å². The summed E-state index contributed by atoms with van der Waals surface area (Å²) in [5, 5.41) is 14.0. The second kappa shape index (κ2) is 6.98. The average Bonchev–Trinajstić information content (AvgIpc) is 2.88. The summed E-state index contributed by atoms with van der Waals surface area (Å²) in [6.07, 6.45) is 3.12. The van der Waals surface area contributed by atoms with Crippen molar-refractivity contribution in [2.75, 3.05) is 0 Å². The molecule has 0 saturated carbocycles. The summed E-state index contributed by atoms with van der Waals surface area (Å²) < 4.78 is 1.85. The molecule has 26 heavy (non-hydrogen) atoms. The fourth-order valence-electron chi connectivity index (χ4n) is 2.91. The second-order valence-corrected chi connectivity index (χ2v) is 6.36. The first-order valence-corrected chi connectivity index (χ1v) is 8.26. The van der Waals surface area contributed by atoms with Crippen LogP contribution in [0.5, 0.6) is 0 Å². The molecule has 0 aliphatic heterocycles. The van der Waals surface area contributed by atoms with E-state index < -0.39 is 5.91 Å². The zero-order valence-electron chi connectivity index (χ0n) is 14.3. The van der Waals surface area contributed by atoms with Crippen molar-refractivity contribution in [1.82, 2.24) is 14.8 Å². The van der Waals surface area contributed by atoms with Crippen molar-refractivity contribution < 1.29 is 4.79 Å². The van der Waals surface area contributed by atoms with Crippen LogP contribution >= 0.6 is 11.6 Å². The largest absolute Gasteiger partial charge is 0.366 e. The molecule has 1 aromatic carbocycles. The van der Waals surface area contributed by atoms with E-state index in [4.69, 9.17) is 22.6 Å². The van der Waals surface area contributed by atoms with E-state index in [1.807, 2.05) is 24.6 Å². The van der Waals surface area contributed by atoms with Gasteiger partial charge in [0.05, 0.1) is 28.4 Å². The minimum Gasteiger partial charge on any atom is -0.366 e. The molecule has 0 unspecified atom stereocenters. The highest BCUT2D eigenvalue weighted by molar-refractivity contribution is 6.32. The minimum absolute atomic E-state index is 0.364. The first kappa shape index (κ1) is 17.6. The van der Waals surface area contributed by atoms with Gasteiger partial charge in [-0.25, -0.2) is 0 Å². The Morgan fingerprint density at radius 2 is 2.08 bits per heavy atom. The van der Waals surface area contributed by atoms with Crippen molar-refractivity contribution in [3.05, 3.63) is 69.8 Å². The van der Waals surface area contributed by atoms with Crippen LogP contribution in [0, 0.1) is 25.2 Å². The van der Waals surface area contributed by atoms with E-state index in [1.165, 1.54) is 6.20 Å². The topological polar surface area (TPSA) is 97.6 Å². The number of hydrogen-bond donors (Lipinski definition) is 1. The first-order valence-electron chi connectivity index (χ1n) is 7.88. The maximum Gasteiger partial charge on any atom is 0.250 e. The minimum atomic E-state index is -0.513. The summed E-state index contributed by atoms with van der Waals surface area (Å²) in [5.74, 6) is -0.513. The summed E-state index contributed by atoms with van der Waals surface area (Å²) in [5.41, 5.74) is 10.6. The number of halogens is 1. The lowest BCUT2D eigenvalue weighted by Crippen LogP contribution is -2.12. The third-order valence-corrected chi connectivity index (χ3v) is 4.48. The number of nitriles is 1. The summed E-state index contributed by atoms with van der Waals surface area (Å²) in [7, 11) is 0. The van der Waals surface area contributed by atoms with Crippen LogP contribution in [0.15, 0.2) is 36.7 Å². The third-order valence-electron chi connectivity index (χ3n) is 4.17. The molecule has 2 N–H and O–H groups in total. The van der Waals surface area contributed by atoms with Gasteiger partial charge >= 0.3 is 0 Å². The Bertz CT molecular complexity index is 1050. The molecular formula is C19H16ClN5O. The lowest BCUT2D eigenvalue weighted by molar-refractivity contribution is 0.1000. The normalized spacial score (nSPS) is 10.5. The SMILES string of the molecule is Cc1nn(Cc2cncc(C(N)=O)c2)c(C)c1-c1ccc(C#N)c(Cl)c1. The monoisotopic (exact) mass is 365 g/mol. The van der Waals surface area contributed by atoms with E-state index in [2.05, 4.69) is 16.2 Å². The second-order valence-electron chi connectivity index (χ2n) is 5.96. The van der Waals surface area contributed by atoms with Gasteiger partial charge in [0.2, 0.25) is 5.91 Å². The van der Waals surface area contributed by atoms with Gasteiger partial charge in [-0.1, -0.05) is 17.7 Å². The van der Waals surface area contributed by atoms with Crippen molar-refractivity contribution in [3.63, 3.8) is 0 Å². The van der Waals surface area contributed by atoms with Crippen molar-refractivity contribution in [2.24, 2.45) is 5.73 Å². The maximum absolute atomic E-state index is 11.3. The van der Waals surface area contributed by atoms with Crippen LogP contribution in [0.2, 0.25) is 5.02 Å². The van der Waals surface area contributed by atoms with Crippen LogP contribution in [-0.2, 0) is 6.54 Å². The Balaban J connectivity index is 1.99. The van der Waals surface area contributed by atoms with Crippen LogP contribution in [0.4, 0.5) is 0 Å². The highest BCUT2D eigenvalue weighted by Gasteiger charge is 2.15. The van der Waals surface area contributed by atoms with E-state index in [0.717, 1.165) is 28.1 Å². The molecular weight excluding hydrogens is 350 g/mol. The highest BCUT2D eigenvalue weighted by atomic mass is 35.5. The quantitative estimate of drug-likeness (QED) is 0.767. The zero-order chi connectivity index (χ0) is 18.8. The molecule has 0 spiro atoms. The molecule has 1 amide bonds. The molecule has 3 rings (SSSR count). The molecule has 130 valence electrons. The van der Waals surface area contributed by atoms with Gasteiger partial charge in [-0.3, -0.25) is 14.5 Å². The van der Waals surface area contributed by atoms with Crippen LogP contribution in [0.1, 0.15) is 32.9 Å². The lowest BCUT2D eigenvalue weighted by Gasteiger charge is -2.07. The van der Waals surface area contributed by atoms with Gasteiger partial charge in [-0.2, -0.15) is 10.4 Å². The molecule has 7 heteroatoms. The smallest absolute Gasteiger partial charge is 0.250 e. The summed E-state index contributed by atoms with van der Waals surface area (Å²) >= 11 is 6.17. The summed E-state index contributed by atoms with van der Waals surface area (Å²) in [6.45, 7) is 4.35. The molecule has 2 heterocycles. The number of nitrogens with zero attached hydrogens (tertiary/aromatic N) is 4. The molecule has 0 aliphatic rings. The highest BCUT2D eigenvalue weighted by Crippen LogP contribution is 2.30. The van der Waals surface area contributed by atoms with Gasteiger partial charge in [0, 0.05) is 23.7 Å². The number of aryl methyl sites for hydroxylation is 1. The zero-order valence-corrected chi connectivity index (χ0v) is 15.1. The van der Waals surface area contributed by atoms with E-state index in [-0.39, 0.29) is 0 Å². The van der Waals surface area contributed by atoms with Gasteiger partial charge in [-0.15, -0.1) is 0 Å². The van der Waals surface area contributed by atoms with Crippen molar-refractivity contribution in [3.8, 4) is 17.2 Å². The Morgan fingerprint density at radius 3 is 2.73 bits per heavy atom. The third kappa shape index (κ3) is 3.30. The number of benzene rings is 1. The maximum atomic E-state index is 11.3. The number of primary amides is 1. The van der Waals surface area contributed by atoms with Crippen LogP contribution < -0.4 is 5.73 Å². The standard InChI is InChI=1S/C19H16ClN5O/c1-11-18(14-3-4-15(7-21)17(20)6-14)12(2)25(24-11)10-13-5-16(19(22)26)9-23-8-13/h3-6,8-9H,10H2,1-2H3,(H2,22,26). The van der Waals surface area contributed by atoms with Crippen LogP contribution in [0.3, 0.4) is 0 Å². The number of nitrogens with two attached hydrogens (primary N) is 1. The number of aromatic nitrogens is 3. The Kier molecular flexibility index (Phi) is 4.74. The Labute approximate surface area is 155 Å². The van der Waals surface area contributed by atoms with Crippen LogP contribution in [-0.4, -0.2) is 20.7 Å². The number of carbonyl (C=O) groups excluding carboxylic acids is 1. The molecule has 2 aromatic heterocycles. The molecule has 0 bridgehead atoms. The first-order chi connectivity index (χ1) is 12.4. The van der Waals surface area contributed by atoms with Gasteiger partial charge in [0.25, 0.3) is 0 Å². The van der Waals surface area contributed by atoms with Gasteiger partial charge in [0.15, 0.2) is 0 Å². The number of amides is 1. The number of pyridine rings is 1.